The molecule has 2 amide bonds. The molecule has 0 saturated carbocycles. The van der Waals surface area contributed by atoms with Gasteiger partial charge in [0.15, 0.2) is 11.6 Å². The van der Waals surface area contributed by atoms with E-state index in [1.54, 1.807) is 9.80 Å². The Balaban J connectivity index is 1.29. The van der Waals surface area contributed by atoms with E-state index in [1.807, 2.05) is 13.0 Å². The van der Waals surface area contributed by atoms with Crippen LogP contribution in [0.1, 0.15) is 54.0 Å². The Morgan fingerprint density at radius 3 is 2.81 bits per heavy atom. The van der Waals surface area contributed by atoms with Crippen LogP contribution in [0.15, 0.2) is 37.2 Å². The molecule has 1 saturated heterocycles. The van der Waals surface area contributed by atoms with Crippen molar-refractivity contribution in [1.29, 1.82) is 0 Å². The summed E-state index contributed by atoms with van der Waals surface area (Å²) in [4.78, 5) is 37.9. The van der Waals surface area contributed by atoms with Gasteiger partial charge in [-0.15, -0.1) is 0 Å². The number of benzene rings is 1. The van der Waals surface area contributed by atoms with Crippen LogP contribution >= 0.6 is 0 Å². The number of carbonyl (C=O) groups is 2. The van der Waals surface area contributed by atoms with Crippen molar-refractivity contribution in [2.24, 2.45) is 11.3 Å². The quantitative estimate of drug-likeness (QED) is 0.434. The number of hydrogen-bond donors (Lipinski definition) is 1. The van der Waals surface area contributed by atoms with Crippen molar-refractivity contribution in [1.82, 2.24) is 19.4 Å². The lowest BCUT2D eigenvalue weighted by atomic mass is 9.90. The molecule has 9 nitrogen and oxygen atoms in total. The van der Waals surface area contributed by atoms with Gasteiger partial charge in [-0.25, -0.2) is 14.4 Å². The Bertz CT molecular complexity index is 1600. The molecule has 220 valence electrons. The number of ether oxygens (including phenoxy) is 1. The first-order chi connectivity index (χ1) is 20.1. The summed E-state index contributed by atoms with van der Waals surface area (Å²) in [5.74, 6) is -0.223. The first kappa shape index (κ1) is 27.9. The van der Waals surface area contributed by atoms with E-state index in [-0.39, 0.29) is 34.7 Å². The van der Waals surface area contributed by atoms with Gasteiger partial charge in [-0.3, -0.25) is 9.59 Å². The van der Waals surface area contributed by atoms with Crippen molar-refractivity contribution in [3.8, 4) is 17.0 Å². The zero-order valence-corrected chi connectivity index (χ0v) is 24.5. The molecular formula is C32H37FN6O3. The molecule has 1 aromatic carbocycles. The zero-order valence-electron chi connectivity index (χ0n) is 24.5. The second kappa shape index (κ2) is 10.6. The highest BCUT2D eigenvalue weighted by atomic mass is 19.1. The lowest BCUT2D eigenvalue weighted by Gasteiger charge is -2.32. The summed E-state index contributed by atoms with van der Waals surface area (Å²) in [6, 6.07) is 4.82. The fraction of sp³-hybridized carbons (Fsp3) is 0.438. The van der Waals surface area contributed by atoms with Crippen LogP contribution in [0.25, 0.3) is 11.3 Å². The van der Waals surface area contributed by atoms with Crippen LogP contribution in [0.3, 0.4) is 0 Å². The van der Waals surface area contributed by atoms with E-state index in [0.29, 0.717) is 61.0 Å². The molecule has 0 spiro atoms. The monoisotopic (exact) mass is 572 g/mol. The number of fused-ring (bicyclic) bond motifs is 3. The van der Waals surface area contributed by atoms with Crippen LogP contribution in [-0.4, -0.2) is 57.5 Å². The maximum absolute atomic E-state index is 15.2. The molecule has 6 rings (SSSR count). The number of halogens is 1. The van der Waals surface area contributed by atoms with Crippen molar-refractivity contribution in [3.05, 3.63) is 65.5 Å². The van der Waals surface area contributed by atoms with Gasteiger partial charge in [0.25, 0.3) is 5.91 Å². The molecule has 1 aliphatic carbocycles. The minimum Gasteiger partial charge on any atom is -0.487 e. The predicted molar refractivity (Wildman–Crippen MR) is 159 cm³/mol. The molecule has 0 unspecified atom stereocenters. The summed E-state index contributed by atoms with van der Waals surface area (Å²) in [5, 5.41) is 0. The van der Waals surface area contributed by atoms with Gasteiger partial charge >= 0.3 is 0 Å². The van der Waals surface area contributed by atoms with Crippen molar-refractivity contribution >= 4 is 23.3 Å². The van der Waals surface area contributed by atoms with Crippen molar-refractivity contribution in [2.45, 2.75) is 53.0 Å². The average Bonchev–Trinajstić information content (AvgIpc) is 3.45. The van der Waals surface area contributed by atoms with E-state index >= 15 is 4.39 Å². The zero-order chi connectivity index (χ0) is 29.8. The second-order valence-corrected chi connectivity index (χ2v) is 12.5. The average molecular weight is 573 g/mol. The summed E-state index contributed by atoms with van der Waals surface area (Å²) in [6.45, 7) is 12.6. The minimum atomic E-state index is -0.488. The second-order valence-electron chi connectivity index (χ2n) is 12.5. The first-order valence-electron chi connectivity index (χ1n) is 14.5. The third kappa shape index (κ3) is 4.92. The van der Waals surface area contributed by atoms with Crippen molar-refractivity contribution < 1.29 is 18.7 Å². The number of carbonyl (C=O) groups excluding carboxylic acids is 2. The molecular weight excluding hydrogens is 535 g/mol. The molecule has 4 heterocycles. The van der Waals surface area contributed by atoms with Gasteiger partial charge in [-0.1, -0.05) is 20.4 Å². The van der Waals surface area contributed by atoms with Crippen LogP contribution in [0, 0.1) is 24.1 Å². The van der Waals surface area contributed by atoms with Gasteiger partial charge in [0.1, 0.15) is 23.5 Å². The van der Waals surface area contributed by atoms with Gasteiger partial charge in [-0.05, 0) is 73.4 Å². The summed E-state index contributed by atoms with van der Waals surface area (Å²) in [7, 11) is 0. The van der Waals surface area contributed by atoms with Crippen LogP contribution in [0.4, 0.5) is 15.9 Å². The molecule has 1 fully saturated rings. The summed E-state index contributed by atoms with van der Waals surface area (Å²) < 4.78 is 23.6. The van der Waals surface area contributed by atoms with Crippen LogP contribution in [0.5, 0.6) is 5.75 Å². The van der Waals surface area contributed by atoms with Crippen LogP contribution in [0.2, 0.25) is 0 Å². The lowest BCUT2D eigenvalue weighted by molar-refractivity contribution is -0.127. The Hall–Kier alpha value is -4.21. The van der Waals surface area contributed by atoms with Crippen molar-refractivity contribution in [3.63, 3.8) is 0 Å². The number of amides is 2. The molecule has 10 heteroatoms. The third-order valence-electron chi connectivity index (χ3n) is 8.82. The molecule has 2 aliphatic heterocycles. The number of piperidine rings is 1. The number of nitrogens with two attached hydrogens (primary N) is 1. The van der Waals surface area contributed by atoms with E-state index < -0.39 is 5.82 Å². The van der Waals surface area contributed by atoms with E-state index in [0.717, 1.165) is 25.7 Å². The number of aromatic nitrogens is 3. The molecule has 2 aromatic heterocycles. The van der Waals surface area contributed by atoms with Crippen LogP contribution < -0.4 is 15.4 Å². The number of rotatable bonds is 6. The molecule has 0 radical (unpaired) electrons. The lowest BCUT2D eigenvalue weighted by Crippen LogP contribution is -2.41. The number of anilines is 2. The van der Waals surface area contributed by atoms with E-state index in [9.17, 15) is 9.59 Å². The molecule has 2 N–H and O–H groups in total. The highest BCUT2D eigenvalue weighted by Gasteiger charge is 2.37. The fourth-order valence-corrected chi connectivity index (χ4v) is 6.78. The fourth-order valence-electron chi connectivity index (χ4n) is 6.78. The molecule has 3 aliphatic rings. The summed E-state index contributed by atoms with van der Waals surface area (Å²) >= 11 is 0. The summed E-state index contributed by atoms with van der Waals surface area (Å²) in [6.07, 6.45) is 6.30. The number of nitrogen functional groups attached to an aromatic ring is 1. The highest BCUT2D eigenvalue weighted by Crippen LogP contribution is 2.42. The molecule has 0 bridgehead atoms. The van der Waals surface area contributed by atoms with E-state index in [2.05, 4.69) is 35.0 Å². The smallest absolute Gasteiger partial charge is 0.274 e. The number of likely N-dealkylation sites (tertiary alicyclic amines) is 1. The Morgan fingerprint density at radius 1 is 1.21 bits per heavy atom. The largest absolute Gasteiger partial charge is 0.487 e. The van der Waals surface area contributed by atoms with E-state index in [4.69, 9.17) is 10.5 Å². The normalized spacial score (nSPS) is 19.4. The highest BCUT2D eigenvalue weighted by molar-refractivity contribution is 6.07. The Morgan fingerprint density at radius 2 is 2.02 bits per heavy atom. The van der Waals surface area contributed by atoms with Gasteiger partial charge in [0.05, 0.1) is 12.3 Å². The molecule has 3 aromatic rings. The SMILES string of the molecule is C=CC(=O)N1CCC[C@@H](COc2c(N)ncnc2-c2cc(F)cc(N3CCn4c(cc5c4CC(C)(C)C5)C3=O)c2C)C1. The van der Waals surface area contributed by atoms with E-state index in [1.165, 1.54) is 35.8 Å². The van der Waals surface area contributed by atoms with Crippen LogP contribution in [-0.2, 0) is 24.2 Å². The Labute approximate surface area is 245 Å². The first-order valence-corrected chi connectivity index (χ1v) is 14.5. The topological polar surface area (TPSA) is 107 Å². The molecule has 1 atom stereocenters. The predicted octanol–water partition coefficient (Wildman–Crippen LogP) is 4.56. The minimum absolute atomic E-state index is 0.0914. The maximum atomic E-state index is 15.2. The maximum Gasteiger partial charge on any atom is 0.274 e. The van der Waals surface area contributed by atoms with Crippen molar-refractivity contribution in [2.75, 3.05) is 36.9 Å². The molecule has 42 heavy (non-hydrogen) atoms. The third-order valence-corrected chi connectivity index (χ3v) is 8.82. The number of nitrogens with zero attached hydrogens (tertiary/aromatic N) is 5. The Kier molecular flexibility index (Phi) is 7.03. The van der Waals surface area contributed by atoms with Gasteiger partial charge < -0.3 is 24.8 Å². The van der Waals surface area contributed by atoms with Gasteiger partial charge in [0.2, 0.25) is 5.91 Å². The standard InChI is InChI=1S/C32H37FN6O3/c1-5-27(40)37-8-6-7-20(16-37)17-42-29-28(35-18-36-30(29)34)23-12-22(33)13-24(19(23)2)39-10-9-38-25(31(39)41)11-21-14-32(3,4)15-26(21)38/h5,11-13,18,20H,1,6-10,14-17H2,2-4H3,(H2,34,35,36)/t20-/m1/s1. The summed E-state index contributed by atoms with van der Waals surface area (Å²) in [5.41, 5.74) is 11.6. The van der Waals surface area contributed by atoms with Gasteiger partial charge in [-0.2, -0.15) is 0 Å². The van der Waals surface area contributed by atoms with Gasteiger partial charge in [0, 0.05) is 43.4 Å². The number of hydrogen-bond acceptors (Lipinski definition) is 6.